The molecule has 0 rings (SSSR count). The van der Waals surface area contributed by atoms with Gasteiger partial charge in [-0.2, -0.15) is 0 Å². The Labute approximate surface area is 110 Å². The summed E-state index contributed by atoms with van der Waals surface area (Å²) in [5.74, 6) is 0. The van der Waals surface area contributed by atoms with Crippen molar-refractivity contribution in [2.45, 2.75) is 45.4 Å². The van der Waals surface area contributed by atoms with Gasteiger partial charge in [0.1, 0.15) is 0 Å². The molecule has 0 saturated carbocycles. The first-order chi connectivity index (χ1) is 8.76. The molecule has 5 nitrogen and oxygen atoms in total. The predicted octanol–water partition coefficient (Wildman–Crippen LogP) is 1.77. The summed E-state index contributed by atoms with van der Waals surface area (Å²) >= 11 is 0. The van der Waals surface area contributed by atoms with Crippen LogP contribution >= 0.6 is 0 Å². The standard InChI is InChI=1S/C13H27NO4/c1-2-3-4-5-8-14(9-6-10-15)13(17)18-12-7-11-16/h15-16H,2-12H2,1H3. The van der Waals surface area contributed by atoms with Crippen molar-refractivity contribution in [2.75, 3.05) is 32.9 Å². The lowest BCUT2D eigenvalue weighted by Gasteiger charge is -2.21. The number of aliphatic hydroxyl groups is 2. The molecular weight excluding hydrogens is 234 g/mol. The van der Waals surface area contributed by atoms with Crippen LogP contribution < -0.4 is 0 Å². The van der Waals surface area contributed by atoms with E-state index < -0.39 is 0 Å². The lowest BCUT2D eigenvalue weighted by atomic mass is 10.2. The van der Waals surface area contributed by atoms with E-state index in [1.54, 1.807) is 4.90 Å². The van der Waals surface area contributed by atoms with E-state index in [0.717, 1.165) is 19.3 Å². The summed E-state index contributed by atoms with van der Waals surface area (Å²) in [6.07, 6.45) is 5.11. The van der Waals surface area contributed by atoms with Crippen LogP contribution in [0.5, 0.6) is 0 Å². The molecule has 0 aromatic rings. The maximum Gasteiger partial charge on any atom is 0.409 e. The first-order valence-electron chi connectivity index (χ1n) is 6.89. The molecule has 0 unspecified atom stereocenters. The van der Waals surface area contributed by atoms with Crippen molar-refractivity contribution in [2.24, 2.45) is 0 Å². The molecule has 0 heterocycles. The van der Waals surface area contributed by atoms with Crippen molar-refractivity contribution < 1.29 is 19.7 Å². The van der Waals surface area contributed by atoms with Crippen LogP contribution in [0.3, 0.4) is 0 Å². The summed E-state index contributed by atoms with van der Waals surface area (Å²) in [4.78, 5) is 13.4. The minimum atomic E-state index is -0.339. The molecule has 0 aliphatic rings. The predicted molar refractivity (Wildman–Crippen MR) is 70.5 cm³/mol. The number of ether oxygens (including phenoxy) is 1. The van der Waals surface area contributed by atoms with Crippen LogP contribution in [0.1, 0.15) is 45.4 Å². The Morgan fingerprint density at radius 1 is 1.00 bits per heavy atom. The number of aliphatic hydroxyl groups excluding tert-OH is 2. The van der Waals surface area contributed by atoms with Crippen LogP contribution in [0.2, 0.25) is 0 Å². The fourth-order valence-corrected chi connectivity index (χ4v) is 1.60. The van der Waals surface area contributed by atoms with Crippen molar-refractivity contribution in [3.8, 4) is 0 Å². The van der Waals surface area contributed by atoms with Crippen LogP contribution in [0.25, 0.3) is 0 Å². The van der Waals surface area contributed by atoms with Crippen molar-refractivity contribution in [3.05, 3.63) is 0 Å². The Morgan fingerprint density at radius 3 is 2.28 bits per heavy atom. The fourth-order valence-electron chi connectivity index (χ4n) is 1.60. The van der Waals surface area contributed by atoms with E-state index in [9.17, 15) is 4.79 Å². The summed E-state index contributed by atoms with van der Waals surface area (Å²) in [6.45, 7) is 3.71. The smallest absolute Gasteiger partial charge is 0.409 e. The maximum absolute atomic E-state index is 11.7. The summed E-state index contributed by atoms with van der Waals surface area (Å²) < 4.78 is 5.04. The number of rotatable bonds is 11. The third kappa shape index (κ3) is 9.24. The lowest BCUT2D eigenvalue weighted by Crippen LogP contribution is -2.34. The number of carbonyl (C=O) groups excluding carboxylic acids is 1. The number of unbranched alkanes of at least 4 members (excludes halogenated alkanes) is 3. The first-order valence-corrected chi connectivity index (χ1v) is 6.89. The van der Waals surface area contributed by atoms with Crippen molar-refractivity contribution in [3.63, 3.8) is 0 Å². The van der Waals surface area contributed by atoms with Crippen molar-refractivity contribution in [1.82, 2.24) is 4.90 Å². The van der Waals surface area contributed by atoms with E-state index in [-0.39, 0.29) is 25.9 Å². The maximum atomic E-state index is 11.7. The van der Waals surface area contributed by atoms with Gasteiger partial charge >= 0.3 is 6.09 Å². The lowest BCUT2D eigenvalue weighted by molar-refractivity contribution is 0.0925. The number of carbonyl (C=O) groups is 1. The van der Waals surface area contributed by atoms with E-state index in [2.05, 4.69) is 6.92 Å². The number of nitrogens with zero attached hydrogens (tertiary/aromatic N) is 1. The highest BCUT2D eigenvalue weighted by molar-refractivity contribution is 5.67. The van der Waals surface area contributed by atoms with Crippen LogP contribution in [-0.2, 0) is 4.74 Å². The third-order valence-electron chi connectivity index (χ3n) is 2.65. The Kier molecular flexibility index (Phi) is 12.1. The van der Waals surface area contributed by atoms with E-state index >= 15 is 0 Å². The molecule has 18 heavy (non-hydrogen) atoms. The zero-order valence-electron chi connectivity index (χ0n) is 11.4. The fraction of sp³-hybridized carbons (Fsp3) is 0.923. The molecule has 0 saturated heterocycles. The van der Waals surface area contributed by atoms with Gasteiger partial charge in [-0.1, -0.05) is 26.2 Å². The summed E-state index contributed by atoms with van der Waals surface area (Å²) in [6, 6.07) is 0. The van der Waals surface area contributed by atoms with Crippen LogP contribution in [0.4, 0.5) is 4.79 Å². The molecule has 0 spiro atoms. The average molecular weight is 261 g/mol. The molecule has 0 atom stereocenters. The molecular formula is C13H27NO4. The minimum Gasteiger partial charge on any atom is -0.449 e. The van der Waals surface area contributed by atoms with Gasteiger partial charge in [0.15, 0.2) is 0 Å². The topological polar surface area (TPSA) is 70.0 Å². The Balaban J connectivity index is 3.90. The summed E-state index contributed by atoms with van der Waals surface area (Å²) in [5.41, 5.74) is 0. The SMILES string of the molecule is CCCCCCN(CCCO)C(=O)OCCCO. The Morgan fingerprint density at radius 2 is 1.67 bits per heavy atom. The van der Waals surface area contributed by atoms with Gasteiger partial charge in [-0.15, -0.1) is 0 Å². The quantitative estimate of drug-likeness (QED) is 0.556. The molecule has 0 radical (unpaired) electrons. The highest BCUT2D eigenvalue weighted by Crippen LogP contribution is 2.04. The Hall–Kier alpha value is -0.810. The summed E-state index contributed by atoms with van der Waals surface area (Å²) in [7, 11) is 0. The molecule has 5 heteroatoms. The average Bonchev–Trinajstić information content (AvgIpc) is 2.38. The largest absolute Gasteiger partial charge is 0.449 e. The highest BCUT2D eigenvalue weighted by atomic mass is 16.6. The molecule has 108 valence electrons. The second-order valence-electron chi connectivity index (χ2n) is 4.32. The van der Waals surface area contributed by atoms with Gasteiger partial charge in [0.05, 0.1) is 6.61 Å². The molecule has 2 N–H and O–H groups in total. The molecule has 0 aliphatic heterocycles. The van der Waals surface area contributed by atoms with Gasteiger partial charge in [0.25, 0.3) is 0 Å². The van der Waals surface area contributed by atoms with Crippen LogP contribution in [0, 0.1) is 0 Å². The molecule has 0 aromatic carbocycles. The second-order valence-corrected chi connectivity index (χ2v) is 4.32. The first kappa shape index (κ1) is 17.2. The van der Waals surface area contributed by atoms with Crippen LogP contribution in [0.15, 0.2) is 0 Å². The highest BCUT2D eigenvalue weighted by Gasteiger charge is 2.13. The molecule has 0 fully saturated rings. The van der Waals surface area contributed by atoms with Gasteiger partial charge in [-0.3, -0.25) is 0 Å². The molecule has 0 aromatic heterocycles. The van der Waals surface area contributed by atoms with E-state index in [0.29, 0.717) is 25.9 Å². The van der Waals surface area contributed by atoms with Gasteiger partial charge < -0.3 is 19.8 Å². The van der Waals surface area contributed by atoms with E-state index in [1.165, 1.54) is 6.42 Å². The Bertz CT molecular complexity index is 199. The van der Waals surface area contributed by atoms with Crippen molar-refractivity contribution >= 4 is 6.09 Å². The van der Waals surface area contributed by atoms with Gasteiger partial charge in [-0.25, -0.2) is 4.79 Å². The molecule has 1 amide bonds. The van der Waals surface area contributed by atoms with Gasteiger partial charge in [0, 0.05) is 32.7 Å². The zero-order valence-corrected chi connectivity index (χ0v) is 11.4. The zero-order chi connectivity index (χ0) is 13.6. The van der Waals surface area contributed by atoms with Crippen molar-refractivity contribution in [1.29, 1.82) is 0 Å². The number of hydrogen-bond donors (Lipinski definition) is 2. The monoisotopic (exact) mass is 261 g/mol. The van der Waals surface area contributed by atoms with Gasteiger partial charge in [0.2, 0.25) is 0 Å². The number of amides is 1. The van der Waals surface area contributed by atoms with E-state index in [1.807, 2.05) is 0 Å². The van der Waals surface area contributed by atoms with E-state index in [4.69, 9.17) is 14.9 Å². The molecule has 0 aliphatic carbocycles. The third-order valence-corrected chi connectivity index (χ3v) is 2.65. The van der Waals surface area contributed by atoms with Crippen LogP contribution in [-0.4, -0.2) is 54.1 Å². The number of hydrogen-bond acceptors (Lipinski definition) is 4. The van der Waals surface area contributed by atoms with Gasteiger partial charge in [-0.05, 0) is 12.8 Å². The second kappa shape index (κ2) is 12.6. The normalized spacial score (nSPS) is 10.4. The molecule has 0 bridgehead atoms. The minimum absolute atomic E-state index is 0.0282. The summed E-state index contributed by atoms with van der Waals surface area (Å²) in [5, 5.41) is 17.4.